The highest BCUT2D eigenvalue weighted by molar-refractivity contribution is 7.92. The predicted molar refractivity (Wildman–Crippen MR) is 164 cm³/mol. The summed E-state index contributed by atoms with van der Waals surface area (Å²) in [5.74, 6) is -0.745. The van der Waals surface area contributed by atoms with Crippen LogP contribution in [0.3, 0.4) is 0 Å². The highest BCUT2D eigenvalue weighted by Crippen LogP contribution is 2.31. The number of anilines is 1. The van der Waals surface area contributed by atoms with Crippen LogP contribution in [-0.4, -0.2) is 43.8 Å². The zero-order valence-corrected chi connectivity index (χ0v) is 25.6. The van der Waals surface area contributed by atoms with Gasteiger partial charge in [0.25, 0.3) is 10.0 Å². The molecule has 1 saturated carbocycles. The Morgan fingerprint density at radius 2 is 1.61 bits per heavy atom. The van der Waals surface area contributed by atoms with Gasteiger partial charge in [0.1, 0.15) is 12.6 Å². The van der Waals surface area contributed by atoms with Gasteiger partial charge in [0.2, 0.25) is 11.8 Å². The predicted octanol–water partition coefficient (Wildman–Crippen LogP) is 6.36. The number of benzene rings is 3. The number of nitrogens with zero attached hydrogens (tertiary/aromatic N) is 2. The van der Waals surface area contributed by atoms with Crippen molar-refractivity contribution in [1.82, 2.24) is 10.2 Å². The average Bonchev–Trinajstić information content (AvgIpc) is 3.47. The smallest absolute Gasteiger partial charge is 0.264 e. The maximum Gasteiger partial charge on any atom is 0.264 e. The Labute approximate surface area is 252 Å². The third-order valence-electron chi connectivity index (χ3n) is 7.47. The summed E-state index contributed by atoms with van der Waals surface area (Å²) in [5, 5.41) is 4.04. The van der Waals surface area contributed by atoms with Gasteiger partial charge in [-0.3, -0.25) is 13.9 Å². The van der Waals surface area contributed by atoms with Gasteiger partial charge in [0.15, 0.2) is 0 Å². The van der Waals surface area contributed by atoms with E-state index < -0.39 is 28.5 Å². The summed E-state index contributed by atoms with van der Waals surface area (Å²) in [6, 6.07) is 19.2. The van der Waals surface area contributed by atoms with E-state index >= 15 is 0 Å². The van der Waals surface area contributed by atoms with Crippen molar-refractivity contribution in [2.24, 2.45) is 0 Å². The van der Waals surface area contributed by atoms with Crippen molar-refractivity contribution in [2.45, 2.75) is 69.5 Å². The Bertz CT molecular complexity index is 1460. The lowest BCUT2D eigenvalue weighted by Gasteiger charge is -2.34. The number of rotatable bonds is 11. The van der Waals surface area contributed by atoms with Gasteiger partial charge in [-0.15, -0.1) is 0 Å². The molecule has 7 nitrogen and oxygen atoms in total. The van der Waals surface area contributed by atoms with Crippen LogP contribution in [0.25, 0.3) is 0 Å². The van der Waals surface area contributed by atoms with Crippen LogP contribution in [-0.2, 0) is 26.2 Å². The normalized spacial score (nSPS) is 14.4. The second kappa shape index (κ2) is 13.7. The number of hydrogen-bond acceptors (Lipinski definition) is 4. The largest absolute Gasteiger partial charge is 0.352 e. The van der Waals surface area contributed by atoms with E-state index in [2.05, 4.69) is 5.32 Å². The quantitative estimate of drug-likeness (QED) is 0.272. The van der Waals surface area contributed by atoms with Gasteiger partial charge in [0.05, 0.1) is 10.6 Å². The SMILES string of the molecule is CC[C@H](C(=O)NC1CCCC1)N(Cc1ccc(Cl)cc1)C(=O)CN(c1cccc(Cl)c1C)S(=O)(=O)c1ccccc1. The molecule has 1 atom stereocenters. The Kier molecular flexibility index (Phi) is 10.3. The lowest BCUT2D eigenvalue weighted by molar-refractivity contribution is -0.140. The van der Waals surface area contributed by atoms with Crippen molar-refractivity contribution >= 4 is 50.7 Å². The van der Waals surface area contributed by atoms with Crippen LogP contribution in [0, 0.1) is 6.92 Å². The van der Waals surface area contributed by atoms with Crippen molar-refractivity contribution in [1.29, 1.82) is 0 Å². The van der Waals surface area contributed by atoms with E-state index in [4.69, 9.17) is 23.2 Å². The van der Waals surface area contributed by atoms with Gasteiger partial charge in [-0.25, -0.2) is 8.42 Å². The van der Waals surface area contributed by atoms with Crippen LogP contribution in [0.4, 0.5) is 5.69 Å². The summed E-state index contributed by atoms with van der Waals surface area (Å²) in [6.07, 6.45) is 4.29. The third kappa shape index (κ3) is 7.42. The highest BCUT2D eigenvalue weighted by atomic mass is 35.5. The Hall–Kier alpha value is -3.07. The number of nitrogens with one attached hydrogen (secondary N) is 1. The van der Waals surface area contributed by atoms with Gasteiger partial charge in [-0.05, 0) is 73.7 Å². The topological polar surface area (TPSA) is 86.8 Å². The van der Waals surface area contributed by atoms with Crippen LogP contribution in [0.15, 0.2) is 77.7 Å². The molecule has 0 saturated heterocycles. The maximum absolute atomic E-state index is 14.2. The number of halogens is 2. The van der Waals surface area contributed by atoms with Gasteiger partial charge in [-0.2, -0.15) is 0 Å². The number of sulfonamides is 1. The highest BCUT2D eigenvalue weighted by Gasteiger charge is 2.35. The zero-order valence-electron chi connectivity index (χ0n) is 23.2. The molecular weight excluding hydrogens is 581 g/mol. The Morgan fingerprint density at radius 3 is 2.24 bits per heavy atom. The average molecular weight is 617 g/mol. The number of amides is 2. The van der Waals surface area contributed by atoms with Crippen LogP contribution in [0.1, 0.15) is 50.2 Å². The standard InChI is InChI=1S/C31H35Cl2N3O4S/c1-3-28(31(38)34-25-10-7-8-11-25)35(20-23-16-18-24(32)19-17-23)30(37)21-36(29-15-9-14-27(33)22(29)2)41(39,40)26-12-5-4-6-13-26/h4-6,9,12-19,25,28H,3,7-8,10-11,20-21H2,1-2H3,(H,34,38)/t28-/m1/s1. The summed E-state index contributed by atoms with van der Waals surface area (Å²) in [4.78, 5) is 29.2. The second-order valence-corrected chi connectivity index (χ2v) is 13.0. The molecular formula is C31H35Cl2N3O4S. The van der Waals surface area contributed by atoms with E-state index in [1.807, 2.05) is 6.92 Å². The van der Waals surface area contributed by atoms with Crippen LogP contribution in [0.2, 0.25) is 10.0 Å². The fourth-order valence-electron chi connectivity index (χ4n) is 5.17. The fourth-order valence-corrected chi connectivity index (χ4v) is 6.96. The van der Waals surface area contributed by atoms with Crippen LogP contribution in [0.5, 0.6) is 0 Å². The molecule has 1 aliphatic rings. The van der Waals surface area contributed by atoms with Crippen molar-refractivity contribution in [3.8, 4) is 0 Å². The molecule has 41 heavy (non-hydrogen) atoms. The lowest BCUT2D eigenvalue weighted by Crippen LogP contribution is -2.53. The van der Waals surface area contributed by atoms with E-state index in [-0.39, 0.29) is 23.4 Å². The van der Waals surface area contributed by atoms with Crippen LogP contribution < -0.4 is 9.62 Å². The molecule has 2 amide bonds. The number of carbonyl (C=O) groups excluding carboxylic acids is 2. The van der Waals surface area contributed by atoms with Gasteiger partial charge in [0, 0.05) is 22.6 Å². The second-order valence-electron chi connectivity index (χ2n) is 10.3. The molecule has 1 aliphatic carbocycles. The van der Waals surface area contributed by atoms with Crippen molar-refractivity contribution in [3.63, 3.8) is 0 Å². The first kappa shape index (κ1) is 30.9. The minimum absolute atomic E-state index is 0.0439. The summed E-state index contributed by atoms with van der Waals surface area (Å²) < 4.78 is 29.0. The van der Waals surface area contributed by atoms with Gasteiger partial charge in [-0.1, -0.05) is 79.4 Å². The Balaban J connectivity index is 1.73. The molecule has 1 N–H and O–H groups in total. The molecule has 0 bridgehead atoms. The number of hydrogen-bond donors (Lipinski definition) is 1. The summed E-state index contributed by atoms with van der Waals surface area (Å²) in [5.41, 5.74) is 1.59. The Morgan fingerprint density at radius 1 is 0.951 bits per heavy atom. The van der Waals surface area contributed by atoms with Crippen LogP contribution >= 0.6 is 23.2 Å². The third-order valence-corrected chi connectivity index (χ3v) is 9.91. The fraction of sp³-hybridized carbons (Fsp3) is 0.355. The van der Waals surface area contributed by atoms with E-state index in [1.54, 1.807) is 67.6 Å². The molecule has 3 aromatic rings. The van der Waals surface area contributed by atoms with Gasteiger partial charge < -0.3 is 10.2 Å². The minimum atomic E-state index is -4.16. The zero-order chi connectivity index (χ0) is 29.6. The molecule has 0 unspecified atom stereocenters. The van der Waals surface area contributed by atoms with E-state index in [9.17, 15) is 18.0 Å². The number of carbonyl (C=O) groups is 2. The molecule has 0 aliphatic heterocycles. The molecule has 4 rings (SSSR count). The molecule has 0 spiro atoms. The van der Waals surface area contributed by atoms with E-state index in [0.717, 1.165) is 35.6 Å². The minimum Gasteiger partial charge on any atom is -0.352 e. The monoisotopic (exact) mass is 615 g/mol. The molecule has 218 valence electrons. The lowest BCUT2D eigenvalue weighted by atomic mass is 10.1. The first-order valence-electron chi connectivity index (χ1n) is 13.8. The van der Waals surface area contributed by atoms with Crippen molar-refractivity contribution < 1.29 is 18.0 Å². The first-order valence-corrected chi connectivity index (χ1v) is 16.0. The molecule has 0 aromatic heterocycles. The van der Waals surface area contributed by atoms with Gasteiger partial charge >= 0.3 is 0 Å². The molecule has 0 radical (unpaired) electrons. The summed E-state index contributed by atoms with van der Waals surface area (Å²) >= 11 is 12.5. The molecule has 0 heterocycles. The van der Waals surface area contributed by atoms with E-state index in [1.165, 1.54) is 17.0 Å². The molecule has 3 aromatic carbocycles. The van der Waals surface area contributed by atoms with Crippen molar-refractivity contribution in [2.75, 3.05) is 10.8 Å². The molecule has 10 heteroatoms. The van der Waals surface area contributed by atoms with E-state index in [0.29, 0.717) is 27.7 Å². The summed E-state index contributed by atoms with van der Waals surface area (Å²) in [7, 11) is -4.16. The molecule has 1 fully saturated rings. The van der Waals surface area contributed by atoms with Crippen molar-refractivity contribution in [3.05, 3.63) is 94.0 Å². The maximum atomic E-state index is 14.2. The summed E-state index contributed by atoms with van der Waals surface area (Å²) in [6.45, 7) is 3.16. The first-order chi connectivity index (χ1) is 19.6.